The summed E-state index contributed by atoms with van der Waals surface area (Å²) in [6.07, 6.45) is 14.0. The standard InChI is InChI=1S/C31H45N2/c1-5-6-7-8-9-10-17-22-32-30(23-27(4)29-20-15-12-16-21-29)25-33(26(2)3)31(32)24-28-18-13-11-14-19-28/h11-16,18-21,25-27H,5-10,17,22-24H2,1-4H3/q+1. The molecule has 2 aromatic carbocycles. The van der Waals surface area contributed by atoms with Gasteiger partial charge in [0.1, 0.15) is 11.9 Å². The van der Waals surface area contributed by atoms with Crippen molar-refractivity contribution >= 4 is 0 Å². The van der Waals surface area contributed by atoms with Crippen LogP contribution in [0.4, 0.5) is 0 Å². The fourth-order valence-electron chi connectivity index (χ4n) is 4.90. The molecular weight excluding hydrogens is 400 g/mol. The van der Waals surface area contributed by atoms with Crippen molar-refractivity contribution in [1.29, 1.82) is 0 Å². The van der Waals surface area contributed by atoms with Crippen LogP contribution < -0.4 is 4.57 Å². The number of hydrogen-bond donors (Lipinski definition) is 0. The molecule has 2 heteroatoms. The smallest absolute Gasteiger partial charge is 0.232 e. The van der Waals surface area contributed by atoms with E-state index in [0.717, 1.165) is 19.4 Å². The maximum atomic E-state index is 2.67. The predicted molar refractivity (Wildman–Crippen MR) is 141 cm³/mol. The molecule has 0 fully saturated rings. The molecule has 1 heterocycles. The zero-order valence-electron chi connectivity index (χ0n) is 21.5. The van der Waals surface area contributed by atoms with E-state index in [1.54, 1.807) is 0 Å². The Bertz CT molecular complexity index is 924. The van der Waals surface area contributed by atoms with Gasteiger partial charge >= 0.3 is 0 Å². The lowest BCUT2D eigenvalue weighted by Gasteiger charge is -2.12. The van der Waals surface area contributed by atoms with Crippen LogP contribution >= 0.6 is 0 Å². The fourth-order valence-corrected chi connectivity index (χ4v) is 4.90. The van der Waals surface area contributed by atoms with Gasteiger partial charge in [-0.3, -0.25) is 0 Å². The van der Waals surface area contributed by atoms with Crippen molar-refractivity contribution < 1.29 is 4.57 Å². The Morgan fingerprint density at radius 1 is 0.758 bits per heavy atom. The molecule has 0 radical (unpaired) electrons. The molecule has 0 aliphatic rings. The summed E-state index contributed by atoms with van der Waals surface area (Å²) in [5.41, 5.74) is 4.31. The molecule has 0 aliphatic carbocycles. The van der Waals surface area contributed by atoms with E-state index in [9.17, 15) is 0 Å². The Hall–Kier alpha value is -2.35. The third kappa shape index (κ3) is 7.59. The van der Waals surface area contributed by atoms with Crippen molar-refractivity contribution in [3.63, 3.8) is 0 Å². The maximum Gasteiger partial charge on any atom is 0.261 e. The normalized spacial score (nSPS) is 12.4. The van der Waals surface area contributed by atoms with Crippen LogP contribution in [0.1, 0.15) is 107 Å². The van der Waals surface area contributed by atoms with Crippen LogP contribution in [0.3, 0.4) is 0 Å². The first-order chi connectivity index (χ1) is 16.1. The minimum atomic E-state index is 0.463. The number of unbranched alkanes of at least 4 members (excludes halogenated alkanes) is 6. The number of rotatable bonds is 14. The Kier molecular flexibility index (Phi) is 10.2. The van der Waals surface area contributed by atoms with Crippen LogP contribution in [0.5, 0.6) is 0 Å². The minimum Gasteiger partial charge on any atom is -0.232 e. The van der Waals surface area contributed by atoms with Crippen molar-refractivity contribution in [2.24, 2.45) is 0 Å². The van der Waals surface area contributed by atoms with Gasteiger partial charge in [-0.05, 0) is 43.7 Å². The largest absolute Gasteiger partial charge is 0.261 e. The molecule has 3 aromatic rings. The highest BCUT2D eigenvalue weighted by molar-refractivity contribution is 5.21. The summed E-state index contributed by atoms with van der Waals surface area (Å²) in [5.74, 6) is 1.97. The Labute approximate surface area is 202 Å². The van der Waals surface area contributed by atoms with E-state index in [0.29, 0.717) is 12.0 Å². The van der Waals surface area contributed by atoms with Gasteiger partial charge in [0.2, 0.25) is 0 Å². The predicted octanol–water partition coefficient (Wildman–Crippen LogP) is 8.04. The number of nitrogens with zero attached hydrogens (tertiary/aromatic N) is 2. The SMILES string of the molecule is CCCCCCCCC[n+]1c(CC(C)c2ccccc2)cn(C(C)C)c1Cc1ccccc1. The van der Waals surface area contributed by atoms with Crippen LogP contribution in [-0.4, -0.2) is 4.57 Å². The molecule has 178 valence electrons. The van der Waals surface area contributed by atoms with Crippen LogP contribution in [0.2, 0.25) is 0 Å². The second-order valence-corrected chi connectivity index (χ2v) is 9.99. The Morgan fingerprint density at radius 3 is 2.00 bits per heavy atom. The quantitative estimate of drug-likeness (QED) is 0.175. The van der Waals surface area contributed by atoms with Gasteiger partial charge in [0, 0.05) is 6.42 Å². The molecule has 33 heavy (non-hydrogen) atoms. The zero-order chi connectivity index (χ0) is 23.5. The van der Waals surface area contributed by atoms with Gasteiger partial charge in [-0.2, -0.15) is 0 Å². The molecule has 0 aliphatic heterocycles. The molecule has 1 aromatic heterocycles. The molecule has 0 spiro atoms. The summed E-state index contributed by atoms with van der Waals surface area (Å²) in [5, 5.41) is 0. The van der Waals surface area contributed by atoms with Crippen LogP contribution in [-0.2, 0) is 19.4 Å². The fraction of sp³-hybridized carbons (Fsp3) is 0.516. The minimum absolute atomic E-state index is 0.463. The molecule has 2 nitrogen and oxygen atoms in total. The highest BCUT2D eigenvalue weighted by Gasteiger charge is 2.26. The second kappa shape index (κ2) is 13.4. The van der Waals surface area contributed by atoms with E-state index in [1.165, 1.54) is 67.6 Å². The molecular formula is C31H45N2+. The van der Waals surface area contributed by atoms with Crippen LogP contribution in [0.15, 0.2) is 66.9 Å². The molecule has 1 unspecified atom stereocenters. The van der Waals surface area contributed by atoms with Crippen LogP contribution in [0.25, 0.3) is 0 Å². The second-order valence-electron chi connectivity index (χ2n) is 9.99. The Morgan fingerprint density at radius 2 is 1.36 bits per heavy atom. The maximum absolute atomic E-state index is 2.67. The molecule has 0 saturated heterocycles. The van der Waals surface area contributed by atoms with Gasteiger partial charge in [-0.1, -0.05) is 107 Å². The van der Waals surface area contributed by atoms with Gasteiger partial charge in [-0.15, -0.1) is 0 Å². The summed E-state index contributed by atoms with van der Waals surface area (Å²) < 4.78 is 5.19. The summed E-state index contributed by atoms with van der Waals surface area (Å²) in [4.78, 5) is 0. The van der Waals surface area contributed by atoms with Crippen molar-refractivity contribution in [3.8, 4) is 0 Å². The average Bonchev–Trinajstić information content (AvgIpc) is 3.16. The monoisotopic (exact) mass is 445 g/mol. The topological polar surface area (TPSA) is 8.81 Å². The summed E-state index contributed by atoms with van der Waals surface area (Å²) in [7, 11) is 0. The van der Waals surface area contributed by atoms with Gasteiger partial charge in [0.05, 0.1) is 19.0 Å². The number of hydrogen-bond acceptors (Lipinski definition) is 0. The number of imidazole rings is 1. The molecule has 0 amide bonds. The van der Waals surface area contributed by atoms with Gasteiger partial charge in [-0.25, -0.2) is 9.13 Å². The Balaban J connectivity index is 1.82. The third-order valence-corrected chi connectivity index (χ3v) is 6.88. The summed E-state index contributed by atoms with van der Waals surface area (Å²) in [6.45, 7) is 10.4. The highest BCUT2D eigenvalue weighted by atomic mass is 15.2. The van der Waals surface area contributed by atoms with Crippen LogP contribution in [0, 0.1) is 0 Å². The van der Waals surface area contributed by atoms with Crippen molar-refractivity contribution in [2.75, 3.05) is 0 Å². The zero-order valence-corrected chi connectivity index (χ0v) is 21.5. The number of benzene rings is 2. The van der Waals surface area contributed by atoms with E-state index in [-0.39, 0.29) is 0 Å². The van der Waals surface area contributed by atoms with Crippen molar-refractivity contribution in [3.05, 3.63) is 89.5 Å². The van der Waals surface area contributed by atoms with E-state index >= 15 is 0 Å². The van der Waals surface area contributed by atoms with E-state index < -0.39 is 0 Å². The van der Waals surface area contributed by atoms with Crippen molar-refractivity contribution in [2.45, 2.75) is 104 Å². The molecule has 0 N–H and O–H groups in total. The van der Waals surface area contributed by atoms with Gasteiger partial charge < -0.3 is 0 Å². The van der Waals surface area contributed by atoms with E-state index in [4.69, 9.17) is 0 Å². The first-order valence-electron chi connectivity index (χ1n) is 13.3. The average molecular weight is 446 g/mol. The first-order valence-corrected chi connectivity index (χ1v) is 13.3. The van der Waals surface area contributed by atoms with Gasteiger partial charge in [0.25, 0.3) is 5.82 Å². The van der Waals surface area contributed by atoms with Crippen molar-refractivity contribution in [1.82, 2.24) is 4.57 Å². The van der Waals surface area contributed by atoms with E-state index in [1.807, 2.05) is 0 Å². The highest BCUT2D eigenvalue weighted by Crippen LogP contribution is 2.22. The van der Waals surface area contributed by atoms with E-state index in [2.05, 4.69) is 104 Å². The summed E-state index contributed by atoms with van der Waals surface area (Å²) in [6, 6.07) is 22.4. The lowest BCUT2D eigenvalue weighted by molar-refractivity contribution is -0.710. The summed E-state index contributed by atoms with van der Waals surface area (Å²) >= 11 is 0. The number of aromatic nitrogens is 2. The third-order valence-electron chi connectivity index (χ3n) is 6.88. The lowest BCUT2D eigenvalue weighted by atomic mass is 9.96. The van der Waals surface area contributed by atoms with Gasteiger partial charge in [0.15, 0.2) is 0 Å². The molecule has 3 rings (SSSR count). The molecule has 1 atom stereocenters. The molecule has 0 bridgehead atoms. The first kappa shape index (κ1) is 25.3. The lowest BCUT2D eigenvalue weighted by Crippen LogP contribution is -2.42. The molecule has 0 saturated carbocycles.